The maximum atomic E-state index is 5.34. The second-order valence-corrected chi connectivity index (χ2v) is 4.78. The third kappa shape index (κ3) is 5.64. The van der Waals surface area contributed by atoms with Gasteiger partial charge in [-0.15, -0.1) is 25.3 Å². The fourth-order valence-corrected chi connectivity index (χ4v) is 2.17. The first-order chi connectivity index (χ1) is 11.6. The number of hydrogen-bond acceptors (Lipinski definition) is 3. The van der Waals surface area contributed by atoms with Gasteiger partial charge in [-0.05, 0) is 82.7 Å². The highest BCUT2D eigenvalue weighted by Gasteiger charge is 2.08. The predicted molar refractivity (Wildman–Crippen MR) is 103 cm³/mol. The van der Waals surface area contributed by atoms with Crippen molar-refractivity contribution in [3.05, 3.63) is 86.7 Å². The molecule has 5 heteroatoms. The molecule has 0 saturated carbocycles. The van der Waals surface area contributed by atoms with Gasteiger partial charge < -0.3 is 0 Å². The molecule has 0 atom stereocenters. The summed E-state index contributed by atoms with van der Waals surface area (Å²) in [6.45, 7) is 6.68. The van der Waals surface area contributed by atoms with Crippen LogP contribution in [0.4, 0.5) is 0 Å². The van der Waals surface area contributed by atoms with E-state index in [2.05, 4.69) is 107 Å². The number of hydrogen-bond donors (Lipinski definition) is 2. The van der Waals surface area contributed by atoms with Gasteiger partial charge in [-0.3, -0.25) is 9.13 Å². The van der Waals surface area contributed by atoms with Gasteiger partial charge in [0.05, 0.1) is 12.4 Å². The molecule has 112 valence electrons. The Bertz CT molecular complexity index is 1100. The molecule has 0 N–H and O–H groups in total. The first-order valence-electron chi connectivity index (χ1n) is 6.10. The third-order valence-electron chi connectivity index (χ3n) is 2.15. The van der Waals surface area contributed by atoms with Crippen molar-refractivity contribution in [3.8, 4) is 0 Å². The summed E-state index contributed by atoms with van der Waals surface area (Å²) < 4.78 is 3.57. The van der Waals surface area contributed by atoms with Crippen molar-refractivity contribution in [1.82, 2.24) is 9.13 Å². The maximum absolute atomic E-state index is 5.34. The molecule has 0 unspecified atom stereocenters. The molecule has 0 aromatic carbocycles. The van der Waals surface area contributed by atoms with Crippen molar-refractivity contribution in [2.75, 3.05) is 0 Å². The number of thiol groups is 2. The maximum Gasteiger partial charge on any atom is 0.191 e. The van der Waals surface area contributed by atoms with Crippen LogP contribution >= 0.6 is 37.5 Å². The van der Waals surface area contributed by atoms with E-state index in [0.29, 0.717) is 14.8 Å². The molecular weight excluding hydrogens is 352 g/mol. The van der Waals surface area contributed by atoms with E-state index in [0.717, 1.165) is 0 Å². The molecule has 0 spiro atoms. The molecule has 24 heavy (non-hydrogen) atoms. The van der Waals surface area contributed by atoms with Crippen LogP contribution < -0.4 is 0 Å². The fourth-order valence-electron chi connectivity index (χ4n) is 1.22. The second-order valence-electron chi connectivity index (χ2n) is 3.57. The van der Waals surface area contributed by atoms with Crippen LogP contribution in [0.3, 0.4) is 0 Å². The Labute approximate surface area is 155 Å². The molecule has 0 aliphatic rings. The molecule has 0 aliphatic heterocycles. The van der Waals surface area contributed by atoms with Gasteiger partial charge in [0.2, 0.25) is 0 Å². The first-order valence-corrected chi connectivity index (χ1v) is 7.40. The van der Waals surface area contributed by atoms with E-state index in [9.17, 15) is 0 Å². The van der Waals surface area contributed by atoms with E-state index in [1.165, 1.54) is 12.4 Å². The van der Waals surface area contributed by atoms with Gasteiger partial charge in [0.15, 0.2) is 4.77 Å². The van der Waals surface area contributed by atoms with Gasteiger partial charge in [-0.2, -0.15) is 0 Å². The Hall–Kier alpha value is -3.03. The molecule has 0 bridgehead atoms. The standard InChI is InChI=1S/C19H8N2S3/c1-3-5-7-9-11-13-15-20-17(22)18(23)21(19(20)24)16-14-12-10-8-6-4-2/h15-16,22-23H,1-2H2. The topological polar surface area (TPSA) is 9.86 Å². The number of aromatic nitrogens is 2. The normalized spacial score (nSPS) is 6.92. The highest BCUT2D eigenvalue weighted by atomic mass is 32.1. The molecule has 1 rings (SSSR count). The largest absolute Gasteiger partial charge is 0.278 e. The fraction of sp³-hybridized carbons (Fsp3) is 0. The summed E-state index contributed by atoms with van der Waals surface area (Å²) in [6.07, 6.45) is 3.08. The Morgan fingerprint density at radius 2 is 1.08 bits per heavy atom. The Kier molecular flexibility index (Phi) is 8.44. The van der Waals surface area contributed by atoms with Gasteiger partial charge >= 0.3 is 0 Å². The molecule has 0 saturated heterocycles. The summed E-state index contributed by atoms with van der Waals surface area (Å²) in [4.78, 5) is 0. The van der Waals surface area contributed by atoms with E-state index in [-0.39, 0.29) is 0 Å². The van der Waals surface area contributed by atoms with Gasteiger partial charge in [0.1, 0.15) is 10.1 Å². The minimum atomic E-state index is 0.407. The summed E-state index contributed by atoms with van der Waals surface area (Å²) >= 11 is 14.1. The van der Waals surface area contributed by atoms with Crippen LogP contribution in [0.15, 0.2) is 92.0 Å². The molecule has 1 aromatic heterocycles. The lowest BCUT2D eigenvalue weighted by molar-refractivity contribution is 0.973. The Morgan fingerprint density at radius 3 is 1.46 bits per heavy atom. The van der Waals surface area contributed by atoms with Crippen LogP contribution in [0.2, 0.25) is 0 Å². The zero-order valence-corrected chi connectivity index (χ0v) is 14.9. The first kappa shape index (κ1) is 19.0. The summed E-state index contributed by atoms with van der Waals surface area (Å²) in [7, 11) is 0. The van der Waals surface area contributed by atoms with Crippen molar-refractivity contribution in [1.29, 1.82) is 0 Å². The second kappa shape index (κ2) is 10.7. The van der Waals surface area contributed by atoms with Crippen molar-refractivity contribution in [2.45, 2.75) is 10.1 Å². The third-order valence-corrected chi connectivity index (χ3v) is 3.58. The quantitative estimate of drug-likeness (QED) is 0.443. The van der Waals surface area contributed by atoms with Crippen molar-refractivity contribution < 1.29 is 0 Å². The average Bonchev–Trinajstić information content (AvgIpc) is 2.78. The van der Waals surface area contributed by atoms with E-state index in [1.807, 2.05) is 0 Å². The van der Waals surface area contributed by atoms with Crippen LogP contribution in [-0.4, -0.2) is 9.13 Å². The van der Waals surface area contributed by atoms with E-state index < -0.39 is 0 Å². The molecular formula is C19H8N2S3. The van der Waals surface area contributed by atoms with Gasteiger partial charge in [-0.25, -0.2) is 0 Å². The molecule has 0 fully saturated rings. The minimum absolute atomic E-state index is 0.407. The Balaban J connectivity index is 3.55. The summed E-state index contributed by atoms with van der Waals surface area (Å²) in [5.41, 5.74) is 30.7. The minimum Gasteiger partial charge on any atom is -0.278 e. The van der Waals surface area contributed by atoms with E-state index in [1.54, 1.807) is 9.13 Å². The highest BCUT2D eigenvalue weighted by molar-refractivity contribution is 7.83. The number of nitrogens with zero attached hydrogens (tertiary/aromatic N) is 2. The molecule has 2 nitrogen and oxygen atoms in total. The summed E-state index contributed by atoms with van der Waals surface area (Å²) in [5, 5.41) is 1.05. The lowest BCUT2D eigenvalue weighted by atomic mass is 10.7. The van der Waals surface area contributed by atoms with Crippen molar-refractivity contribution in [3.63, 3.8) is 0 Å². The predicted octanol–water partition coefficient (Wildman–Crippen LogP) is 4.66. The lowest BCUT2D eigenvalue weighted by Gasteiger charge is -1.91. The molecule has 0 radical (unpaired) electrons. The van der Waals surface area contributed by atoms with Crippen molar-refractivity contribution >= 4 is 49.9 Å². The van der Waals surface area contributed by atoms with Crippen LogP contribution in [0.1, 0.15) is 0 Å². The number of imidazole rings is 1. The van der Waals surface area contributed by atoms with Crippen LogP contribution in [0.25, 0.3) is 12.4 Å². The number of rotatable bonds is 2. The van der Waals surface area contributed by atoms with E-state index >= 15 is 0 Å². The molecule has 0 amide bonds. The van der Waals surface area contributed by atoms with Gasteiger partial charge in [0, 0.05) is 0 Å². The Morgan fingerprint density at radius 1 is 0.708 bits per heavy atom. The molecule has 1 heterocycles. The van der Waals surface area contributed by atoms with Crippen LogP contribution in [0.5, 0.6) is 0 Å². The van der Waals surface area contributed by atoms with Crippen LogP contribution in [-0.2, 0) is 0 Å². The monoisotopic (exact) mass is 360 g/mol. The summed E-state index contributed by atoms with van der Waals surface area (Å²) in [5.74, 6) is 0. The van der Waals surface area contributed by atoms with Crippen molar-refractivity contribution in [2.24, 2.45) is 0 Å². The highest BCUT2D eigenvalue weighted by Crippen LogP contribution is 2.21. The van der Waals surface area contributed by atoms with Gasteiger partial charge in [-0.1, -0.05) is 11.5 Å². The zero-order valence-electron chi connectivity index (χ0n) is 12.3. The van der Waals surface area contributed by atoms with Crippen LogP contribution in [0, 0.1) is 4.77 Å². The smallest absolute Gasteiger partial charge is 0.191 e. The molecule has 1 aromatic rings. The van der Waals surface area contributed by atoms with Gasteiger partial charge in [0.25, 0.3) is 0 Å². The SMILES string of the molecule is C=C=C=C=C=C=C=Cn1c(S)c(S)n(C=C=C=C=C=C=C=C)c1=S. The van der Waals surface area contributed by atoms with E-state index in [4.69, 9.17) is 12.2 Å². The lowest BCUT2D eigenvalue weighted by Crippen LogP contribution is -1.88. The summed E-state index contributed by atoms with van der Waals surface area (Å²) in [6, 6.07) is 0. The zero-order chi connectivity index (χ0) is 17.8. The average molecular weight is 360 g/mol. The molecule has 0 aliphatic carbocycles.